The van der Waals surface area contributed by atoms with E-state index in [4.69, 9.17) is 23.7 Å². The molecule has 2 aromatic carbocycles. The van der Waals surface area contributed by atoms with Crippen LogP contribution in [0.4, 0.5) is 0 Å². The Balaban J connectivity index is 1.19. The van der Waals surface area contributed by atoms with E-state index in [-0.39, 0.29) is 23.4 Å². The number of hydrogen-bond acceptors (Lipinski definition) is 10. The molecule has 3 aromatic rings. The second-order valence-electron chi connectivity index (χ2n) is 14.9. The van der Waals surface area contributed by atoms with E-state index in [1.165, 1.54) is 0 Å². The molecule has 50 heavy (non-hydrogen) atoms. The van der Waals surface area contributed by atoms with Gasteiger partial charge >= 0.3 is 5.97 Å². The van der Waals surface area contributed by atoms with Gasteiger partial charge in [-0.05, 0) is 61.8 Å². The van der Waals surface area contributed by atoms with Crippen LogP contribution in [0, 0.1) is 22.7 Å². The number of hydrogen-bond donors (Lipinski definition) is 2. The number of ether oxygens (including phenoxy) is 5. The summed E-state index contributed by atoms with van der Waals surface area (Å²) in [6.07, 6.45) is 3.38. The van der Waals surface area contributed by atoms with E-state index in [1.807, 2.05) is 43.3 Å². The van der Waals surface area contributed by atoms with Crippen molar-refractivity contribution in [2.45, 2.75) is 76.5 Å². The van der Waals surface area contributed by atoms with E-state index in [9.17, 15) is 19.8 Å². The third-order valence-electron chi connectivity index (χ3n) is 12.1. The zero-order valence-electron chi connectivity index (χ0n) is 28.2. The van der Waals surface area contributed by atoms with Crippen molar-refractivity contribution in [1.82, 2.24) is 4.98 Å². The molecule has 10 nitrogen and oxygen atoms in total. The lowest BCUT2D eigenvalue weighted by Gasteiger charge is -2.68. The summed E-state index contributed by atoms with van der Waals surface area (Å²) in [5.74, 6) is -0.686. The smallest absolute Gasteiger partial charge is 0.338 e. The maximum absolute atomic E-state index is 13.8. The number of rotatable bonds is 5. The van der Waals surface area contributed by atoms with E-state index in [2.05, 4.69) is 18.8 Å². The van der Waals surface area contributed by atoms with Crippen LogP contribution in [0.3, 0.4) is 0 Å². The van der Waals surface area contributed by atoms with Crippen LogP contribution < -0.4 is 0 Å². The lowest BCUT2D eigenvalue weighted by atomic mass is 9.42. The number of allylic oxidation sites excluding steroid dienone is 1. The van der Waals surface area contributed by atoms with Gasteiger partial charge in [0.2, 0.25) is 6.29 Å². The van der Waals surface area contributed by atoms with Crippen LogP contribution in [-0.2, 0) is 23.7 Å². The first-order chi connectivity index (χ1) is 24.0. The van der Waals surface area contributed by atoms with E-state index >= 15 is 0 Å². The minimum Gasteiger partial charge on any atom is -0.483 e. The Hall–Kier alpha value is -4.35. The summed E-state index contributed by atoms with van der Waals surface area (Å²) < 4.78 is 32.4. The Morgan fingerprint density at radius 1 is 1.00 bits per heavy atom. The molecule has 2 N–H and O–H groups in total. The summed E-state index contributed by atoms with van der Waals surface area (Å²) in [6, 6.07) is 19.7. The largest absolute Gasteiger partial charge is 0.483 e. The molecule has 2 saturated carbocycles. The lowest BCUT2D eigenvalue weighted by Crippen LogP contribution is -2.72. The highest BCUT2D eigenvalue weighted by atomic mass is 16.7. The molecule has 260 valence electrons. The minimum absolute atomic E-state index is 0.137. The van der Waals surface area contributed by atoms with Crippen LogP contribution in [0.15, 0.2) is 96.5 Å². The van der Waals surface area contributed by atoms with Gasteiger partial charge in [0.25, 0.3) is 0 Å². The van der Waals surface area contributed by atoms with Crippen molar-refractivity contribution in [2.24, 2.45) is 22.7 Å². The molecule has 3 aliphatic heterocycles. The van der Waals surface area contributed by atoms with Crippen molar-refractivity contribution < 1.29 is 43.5 Å². The first-order valence-corrected chi connectivity index (χ1v) is 17.2. The van der Waals surface area contributed by atoms with Crippen molar-refractivity contribution in [2.75, 3.05) is 6.61 Å². The van der Waals surface area contributed by atoms with E-state index in [0.717, 1.165) is 18.3 Å². The zero-order valence-corrected chi connectivity index (χ0v) is 28.2. The molecule has 10 heteroatoms. The first-order valence-electron chi connectivity index (χ1n) is 17.2. The Morgan fingerprint density at radius 3 is 2.50 bits per heavy atom. The van der Waals surface area contributed by atoms with Gasteiger partial charge in [-0.2, -0.15) is 0 Å². The number of carbonyl (C=O) groups is 2. The van der Waals surface area contributed by atoms with Gasteiger partial charge in [-0.1, -0.05) is 56.3 Å². The second-order valence-corrected chi connectivity index (χ2v) is 14.9. The van der Waals surface area contributed by atoms with E-state index < -0.39 is 53.1 Å². The van der Waals surface area contributed by atoms with Crippen molar-refractivity contribution in [3.05, 3.63) is 119 Å². The molecule has 4 heterocycles. The van der Waals surface area contributed by atoms with Gasteiger partial charge in [0.05, 0.1) is 30.0 Å². The van der Waals surface area contributed by atoms with Gasteiger partial charge in [0.1, 0.15) is 29.5 Å². The number of aliphatic hydroxyl groups is 2. The summed E-state index contributed by atoms with van der Waals surface area (Å²) in [5, 5.41) is 23.8. The van der Waals surface area contributed by atoms with Gasteiger partial charge < -0.3 is 33.9 Å². The van der Waals surface area contributed by atoms with Crippen LogP contribution in [-0.4, -0.2) is 64.3 Å². The molecule has 0 spiro atoms. The van der Waals surface area contributed by atoms with Gasteiger partial charge in [-0.25, -0.2) is 4.79 Å². The monoisotopic (exact) mass is 679 g/mol. The molecule has 1 aromatic heterocycles. The molecule has 10 atom stereocenters. The maximum Gasteiger partial charge on any atom is 0.338 e. The fourth-order valence-corrected chi connectivity index (χ4v) is 9.65. The predicted octanol–water partition coefficient (Wildman–Crippen LogP) is 5.77. The molecule has 4 unspecified atom stereocenters. The average Bonchev–Trinajstić information content (AvgIpc) is 3.12. The Kier molecular flexibility index (Phi) is 7.98. The normalized spacial score (nSPS) is 37.4. The molecule has 2 aliphatic carbocycles. The number of esters is 1. The SMILES string of the molecule is C[C@]12CC[C@@H]3OC(c4ccccc4)OC[C@@]3(C)C1C[C@H](OC(=O)c1ccc(C=O)cc1)[C@@]1(C)OC3=C(C(O)OC(c4cccnc4)=C3)[C@H](O)C21. The maximum atomic E-state index is 13.8. The Bertz CT molecular complexity index is 1850. The molecular formula is C40H41NO9. The molecule has 5 aliphatic rings. The van der Waals surface area contributed by atoms with Gasteiger partial charge in [0.15, 0.2) is 6.29 Å². The lowest BCUT2D eigenvalue weighted by molar-refractivity contribution is -0.332. The number of aliphatic hydroxyl groups excluding tert-OH is 2. The number of fused-ring (bicyclic) bond motifs is 5. The van der Waals surface area contributed by atoms with Crippen molar-refractivity contribution >= 4 is 18.0 Å². The predicted molar refractivity (Wildman–Crippen MR) is 180 cm³/mol. The molecule has 3 fully saturated rings. The van der Waals surface area contributed by atoms with Crippen LogP contribution in [0.25, 0.3) is 5.76 Å². The van der Waals surface area contributed by atoms with Crippen LogP contribution >= 0.6 is 0 Å². The molecule has 0 radical (unpaired) electrons. The van der Waals surface area contributed by atoms with Crippen molar-refractivity contribution in [3.63, 3.8) is 0 Å². The summed E-state index contributed by atoms with van der Waals surface area (Å²) in [6.45, 7) is 6.64. The number of aldehydes is 1. The van der Waals surface area contributed by atoms with E-state index in [0.29, 0.717) is 41.9 Å². The van der Waals surface area contributed by atoms with Gasteiger partial charge in [0, 0.05) is 46.5 Å². The second kappa shape index (κ2) is 12.2. The number of benzene rings is 2. The van der Waals surface area contributed by atoms with E-state index in [1.54, 1.807) is 48.8 Å². The Labute approximate surface area is 290 Å². The highest BCUT2D eigenvalue weighted by molar-refractivity contribution is 5.90. The molecule has 0 bridgehead atoms. The average molecular weight is 680 g/mol. The molecule has 0 amide bonds. The first kappa shape index (κ1) is 32.8. The highest BCUT2D eigenvalue weighted by Gasteiger charge is 2.71. The topological polar surface area (TPSA) is 134 Å². The third-order valence-corrected chi connectivity index (χ3v) is 12.1. The minimum atomic E-state index is -1.47. The summed E-state index contributed by atoms with van der Waals surface area (Å²) in [7, 11) is 0. The van der Waals surface area contributed by atoms with Crippen LogP contribution in [0.5, 0.6) is 0 Å². The zero-order chi connectivity index (χ0) is 34.8. The number of aromatic nitrogens is 1. The fraction of sp³-hybridized carbons (Fsp3) is 0.425. The Morgan fingerprint density at radius 2 is 1.78 bits per heavy atom. The van der Waals surface area contributed by atoms with Crippen molar-refractivity contribution in [3.8, 4) is 0 Å². The van der Waals surface area contributed by atoms with Gasteiger partial charge in [-0.3, -0.25) is 9.78 Å². The van der Waals surface area contributed by atoms with Crippen molar-refractivity contribution in [1.29, 1.82) is 0 Å². The van der Waals surface area contributed by atoms with Crippen LogP contribution in [0.1, 0.15) is 78.2 Å². The summed E-state index contributed by atoms with van der Waals surface area (Å²) >= 11 is 0. The number of pyridine rings is 1. The quantitative estimate of drug-likeness (QED) is 0.253. The van der Waals surface area contributed by atoms with Gasteiger partial charge in [-0.15, -0.1) is 0 Å². The fourth-order valence-electron chi connectivity index (χ4n) is 9.65. The highest BCUT2D eigenvalue weighted by Crippen LogP contribution is 2.67. The molecular weight excluding hydrogens is 638 g/mol. The summed E-state index contributed by atoms with van der Waals surface area (Å²) in [4.78, 5) is 29.3. The number of nitrogens with zero attached hydrogens (tertiary/aromatic N) is 1. The van der Waals surface area contributed by atoms with Crippen LogP contribution in [0.2, 0.25) is 0 Å². The summed E-state index contributed by atoms with van der Waals surface area (Å²) in [5.41, 5.74) is 0.312. The standard InChI is InChI=1S/C40H41NO9/c1-38-16-15-30-39(2,22-46-37(49-30)25-8-5-4-6-9-25)29(38)19-31(48-35(44)24-13-11-23(21-42)12-14-24)40(3)34(38)33(43)32-28(50-40)18-27(47-36(32)45)26-10-7-17-41-20-26/h4-14,17-18,20-21,29-31,33-34,36-37,43,45H,15-16,19,22H2,1-3H3/t29?,30-,31-,33-,34?,36?,37?,38-,39-,40+/m0/s1. The number of carbonyl (C=O) groups excluding carboxylic acids is 2. The molecule has 1 saturated heterocycles. The third kappa shape index (κ3) is 5.11. The molecule has 8 rings (SSSR count).